The molecule has 0 heterocycles. The Bertz CT molecular complexity index is 241. The number of hydrogen-bond acceptors (Lipinski definition) is 3. The monoisotopic (exact) mass is 211 g/mol. The van der Waals surface area contributed by atoms with Gasteiger partial charge in [-0.25, -0.2) is 0 Å². The molecule has 0 radical (unpaired) electrons. The lowest BCUT2D eigenvalue weighted by Crippen LogP contribution is -2.28. The fourth-order valence-electron chi connectivity index (χ4n) is 1.57. The van der Waals surface area contributed by atoms with Crippen LogP contribution in [0.3, 0.4) is 0 Å². The van der Waals surface area contributed by atoms with Gasteiger partial charge in [0.15, 0.2) is 0 Å². The van der Waals surface area contributed by atoms with Crippen molar-refractivity contribution in [1.82, 2.24) is 10.2 Å². The number of nitrogens with zero attached hydrogens (tertiary/aromatic N) is 1. The van der Waals surface area contributed by atoms with E-state index in [1.165, 1.54) is 5.70 Å². The predicted molar refractivity (Wildman–Crippen MR) is 67.2 cm³/mol. The first kappa shape index (κ1) is 13.9. The average Bonchev–Trinajstić information content (AvgIpc) is 2.14. The molecule has 0 aromatic rings. The van der Waals surface area contributed by atoms with E-state index in [1.807, 2.05) is 21.0 Å². The molecule has 3 heteroatoms. The van der Waals surface area contributed by atoms with E-state index in [2.05, 4.69) is 30.6 Å². The zero-order valence-corrected chi connectivity index (χ0v) is 10.7. The molecular weight excluding hydrogens is 186 g/mol. The first-order chi connectivity index (χ1) is 6.90. The van der Waals surface area contributed by atoms with Gasteiger partial charge in [-0.2, -0.15) is 0 Å². The van der Waals surface area contributed by atoms with Crippen molar-refractivity contribution >= 4 is 0 Å². The van der Waals surface area contributed by atoms with Crippen LogP contribution in [0.5, 0.6) is 0 Å². The molecule has 0 bridgehead atoms. The molecular formula is C12H25N3. The van der Waals surface area contributed by atoms with Crippen molar-refractivity contribution in [1.29, 1.82) is 0 Å². The second kappa shape index (κ2) is 6.38. The summed E-state index contributed by atoms with van der Waals surface area (Å²) in [5.74, 6) is 0.493. The smallest absolute Gasteiger partial charge is 0.0560 e. The summed E-state index contributed by atoms with van der Waals surface area (Å²) < 4.78 is 0. The van der Waals surface area contributed by atoms with Crippen LogP contribution in [-0.2, 0) is 0 Å². The van der Waals surface area contributed by atoms with Gasteiger partial charge in [0.25, 0.3) is 0 Å². The molecule has 0 rings (SSSR count). The van der Waals surface area contributed by atoms with E-state index in [-0.39, 0.29) is 0 Å². The van der Waals surface area contributed by atoms with Crippen LogP contribution >= 0.6 is 0 Å². The quantitative estimate of drug-likeness (QED) is 0.705. The fraction of sp³-hybridized carbons (Fsp3) is 0.667. The zero-order chi connectivity index (χ0) is 12.0. The Morgan fingerprint density at radius 1 is 1.47 bits per heavy atom. The molecule has 0 aliphatic heterocycles. The Morgan fingerprint density at radius 2 is 2.00 bits per heavy atom. The highest BCUT2D eigenvalue weighted by molar-refractivity contribution is 5.14. The van der Waals surface area contributed by atoms with Crippen molar-refractivity contribution in [3.05, 3.63) is 23.7 Å². The van der Waals surface area contributed by atoms with Crippen LogP contribution in [-0.4, -0.2) is 25.5 Å². The number of nitrogens with two attached hydrogens (primary N) is 1. The van der Waals surface area contributed by atoms with Gasteiger partial charge in [-0.3, -0.25) is 0 Å². The average molecular weight is 211 g/mol. The predicted octanol–water partition coefficient (Wildman–Crippen LogP) is 1.89. The Labute approximate surface area is 94.0 Å². The standard InChI is InChI=1S/C12H25N3/c1-7-10(4)12(15(5)6)11(13)8-14-9(2)3/h10,14H,2,7-8,13H2,1,3-6H3/b12-11-. The minimum atomic E-state index is 0.493. The van der Waals surface area contributed by atoms with Crippen molar-refractivity contribution in [2.45, 2.75) is 27.2 Å². The number of nitrogens with one attached hydrogen (secondary N) is 1. The highest BCUT2D eigenvalue weighted by Crippen LogP contribution is 2.18. The van der Waals surface area contributed by atoms with Gasteiger partial charge in [0.2, 0.25) is 0 Å². The van der Waals surface area contributed by atoms with E-state index in [9.17, 15) is 0 Å². The lowest BCUT2D eigenvalue weighted by Gasteiger charge is -2.25. The number of rotatable bonds is 6. The van der Waals surface area contributed by atoms with Crippen LogP contribution < -0.4 is 11.1 Å². The van der Waals surface area contributed by atoms with Crippen LogP contribution in [0.2, 0.25) is 0 Å². The van der Waals surface area contributed by atoms with Crippen molar-refractivity contribution in [3.63, 3.8) is 0 Å². The van der Waals surface area contributed by atoms with Crippen LogP contribution in [0.1, 0.15) is 27.2 Å². The molecule has 0 saturated carbocycles. The van der Waals surface area contributed by atoms with Crippen LogP contribution in [0.25, 0.3) is 0 Å². The summed E-state index contributed by atoms with van der Waals surface area (Å²) in [6.07, 6.45) is 1.10. The lowest BCUT2D eigenvalue weighted by atomic mass is 10.0. The third kappa shape index (κ3) is 4.77. The van der Waals surface area contributed by atoms with Gasteiger partial charge in [0.05, 0.1) is 6.54 Å². The molecule has 0 aromatic heterocycles. The first-order valence-corrected chi connectivity index (χ1v) is 5.45. The molecule has 1 unspecified atom stereocenters. The SMILES string of the molecule is C=C(C)NC/C(N)=C(\C(C)CC)N(C)C. The number of hydrogen-bond donors (Lipinski definition) is 2. The van der Waals surface area contributed by atoms with Gasteiger partial charge in [-0.15, -0.1) is 0 Å². The van der Waals surface area contributed by atoms with E-state index >= 15 is 0 Å². The Balaban J connectivity index is 4.68. The Morgan fingerprint density at radius 3 is 2.33 bits per heavy atom. The summed E-state index contributed by atoms with van der Waals surface area (Å²) in [6, 6.07) is 0. The van der Waals surface area contributed by atoms with E-state index in [0.717, 1.165) is 17.8 Å². The summed E-state index contributed by atoms with van der Waals surface area (Å²) in [5.41, 5.74) is 9.14. The summed E-state index contributed by atoms with van der Waals surface area (Å²) >= 11 is 0. The number of allylic oxidation sites excluding steroid dienone is 2. The van der Waals surface area contributed by atoms with Crippen molar-refractivity contribution in [2.75, 3.05) is 20.6 Å². The third-order valence-corrected chi connectivity index (χ3v) is 2.47. The third-order valence-electron chi connectivity index (χ3n) is 2.47. The summed E-state index contributed by atoms with van der Waals surface area (Å²) in [7, 11) is 4.07. The van der Waals surface area contributed by atoms with E-state index < -0.39 is 0 Å². The molecule has 0 aromatic carbocycles. The van der Waals surface area contributed by atoms with Gasteiger partial charge in [0, 0.05) is 31.2 Å². The van der Waals surface area contributed by atoms with Gasteiger partial charge in [0.1, 0.15) is 0 Å². The molecule has 0 fully saturated rings. The Kier molecular flexibility index (Phi) is 5.90. The molecule has 0 aliphatic carbocycles. The maximum absolute atomic E-state index is 6.08. The molecule has 88 valence electrons. The molecule has 0 aliphatic rings. The second-order valence-corrected chi connectivity index (χ2v) is 4.25. The summed E-state index contributed by atoms with van der Waals surface area (Å²) in [5, 5.41) is 3.16. The van der Waals surface area contributed by atoms with Crippen LogP contribution in [0.15, 0.2) is 23.7 Å². The zero-order valence-electron chi connectivity index (χ0n) is 10.7. The molecule has 3 nitrogen and oxygen atoms in total. The molecule has 1 atom stereocenters. The maximum Gasteiger partial charge on any atom is 0.0560 e. The van der Waals surface area contributed by atoms with E-state index in [1.54, 1.807) is 0 Å². The fourth-order valence-corrected chi connectivity index (χ4v) is 1.57. The second-order valence-electron chi connectivity index (χ2n) is 4.25. The van der Waals surface area contributed by atoms with Crippen molar-refractivity contribution in [2.24, 2.45) is 11.7 Å². The van der Waals surface area contributed by atoms with Crippen LogP contribution in [0, 0.1) is 5.92 Å². The molecule has 0 amide bonds. The van der Waals surface area contributed by atoms with Gasteiger partial charge in [-0.1, -0.05) is 20.4 Å². The highest BCUT2D eigenvalue weighted by atomic mass is 15.1. The first-order valence-electron chi connectivity index (χ1n) is 5.45. The molecule has 15 heavy (non-hydrogen) atoms. The molecule has 0 spiro atoms. The summed E-state index contributed by atoms with van der Waals surface area (Å²) in [6.45, 7) is 10.8. The van der Waals surface area contributed by atoms with E-state index in [4.69, 9.17) is 5.73 Å². The maximum atomic E-state index is 6.08. The molecule has 3 N–H and O–H groups in total. The van der Waals surface area contributed by atoms with Crippen molar-refractivity contribution < 1.29 is 0 Å². The molecule has 0 saturated heterocycles. The topological polar surface area (TPSA) is 41.3 Å². The lowest BCUT2D eigenvalue weighted by molar-refractivity contribution is 0.415. The Hall–Kier alpha value is -1.12. The highest BCUT2D eigenvalue weighted by Gasteiger charge is 2.12. The van der Waals surface area contributed by atoms with E-state index in [0.29, 0.717) is 12.5 Å². The van der Waals surface area contributed by atoms with Crippen LogP contribution in [0.4, 0.5) is 0 Å². The van der Waals surface area contributed by atoms with Crippen molar-refractivity contribution in [3.8, 4) is 0 Å². The van der Waals surface area contributed by atoms with Gasteiger partial charge in [-0.05, 0) is 19.3 Å². The summed E-state index contributed by atoms with van der Waals surface area (Å²) in [4.78, 5) is 2.10. The minimum Gasteiger partial charge on any atom is -0.399 e. The normalized spacial score (nSPS) is 14.2. The van der Waals surface area contributed by atoms with Gasteiger partial charge >= 0.3 is 0 Å². The largest absolute Gasteiger partial charge is 0.399 e. The van der Waals surface area contributed by atoms with Gasteiger partial charge < -0.3 is 16.0 Å². The minimum absolute atomic E-state index is 0.493.